The van der Waals surface area contributed by atoms with Crippen LogP contribution < -0.4 is 10.2 Å². The lowest BCUT2D eigenvalue weighted by molar-refractivity contribution is -0.131. The second kappa shape index (κ2) is 5.68. The first-order chi connectivity index (χ1) is 11.0. The molecular formula is C18H15NO4. The standard InChI is InChI=1S/C18H15NO4/c1-10-8-13(23-12(3)20)9-15-16(10)18(21)17(11(2)22-15)14-6-4-5-7-19-14/h4-9H,1-3H3. The van der Waals surface area contributed by atoms with E-state index >= 15 is 0 Å². The Bertz CT molecular complexity index is 958. The summed E-state index contributed by atoms with van der Waals surface area (Å²) in [5.41, 5.74) is 1.95. The third kappa shape index (κ3) is 2.73. The summed E-state index contributed by atoms with van der Waals surface area (Å²) in [5.74, 6) is 0.407. The van der Waals surface area contributed by atoms with Gasteiger partial charge in [0.05, 0.1) is 16.6 Å². The van der Waals surface area contributed by atoms with Gasteiger partial charge in [-0.25, -0.2) is 0 Å². The lowest BCUT2D eigenvalue weighted by Gasteiger charge is -2.10. The molecule has 0 atom stereocenters. The molecule has 0 aliphatic carbocycles. The average Bonchev–Trinajstić information content (AvgIpc) is 2.46. The van der Waals surface area contributed by atoms with E-state index in [2.05, 4.69) is 4.98 Å². The summed E-state index contributed by atoms with van der Waals surface area (Å²) < 4.78 is 10.9. The Hall–Kier alpha value is -2.95. The van der Waals surface area contributed by atoms with Crippen LogP contribution >= 0.6 is 0 Å². The highest BCUT2D eigenvalue weighted by atomic mass is 16.5. The Morgan fingerprint density at radius 1 is 1.22 bits per heavy atom. The quantitative estimate of drug-likeness (QED) is 0.536. The van der Waals surface area contributed by atoms with Gasteiger partial charge in [0, 0.05) is 19.2 Å². The number of ether oxygens (including phenoxy) is 1. The molecule has 0 radical (unpaired) electrons. The Kier molecular flexibility index (Phi) is 3.70. The van der Waals surface area contributed by atoms with Gasteiger partial charge in [0.2, 0.25) is 5.43 Å². The van der Waals surface area contributed by atoms with E-state index in [9.17, 15) is 9.59 Å². The van der Waals surface area contributed by atoms with Gasteiger partial charge in [0.1, 0.15) is 17.1 Å². The van der Waals surface area contributed by atoms with E-state index in [1.807, 2.05) is 6.07 Å². The van der Waals surface area contributed by atoms with Gasteiger partial charge in [-0.3, -0.25) is 14.6 Å². The predicted molar refractivity (Wildman–Crippen MR) is 86.5 cm³/mol. The van der Waals surface area contributed by atoms with Crippen molar-refractivity contribution in [1.29, 1.82) is 0 Å². The van der Waals surface area contributed by atoms with Gasteiger partial charge in [-0.15, -0.1) is 0 Å². The average molecular weight is 309 g/mol. The number of esters is 1. The maximum Gasteiger partial charge on any atom is 0.308 e. The molecule has 3 rings (SSSR count). The maximum atomic E-state index is 12.9. The largest absolute Gasteiger partial charge is 0.460 e. The summed E-state index contributed by atoms with van der Waals surface area (Å²) in [4.78, 5) is 28.2. The van der Waals surface area contributed by atoms with E-state index in [-0.39, 0.29) is 5.43 Å². The summed E-state index contributed by atoms with van der Waals surface area (Å²) >= 11 is 0. The van der Waals surface area contributed by atoms with Crippen LogP contribution in [0.1, 0.15) is 18.2 Å². The van der Waals surface area contributed by atoms with Crippen molar-refractivity contribution in [2.24, 2.45) is 0 Å². The fourth-order valence-electron chi connectivity index (χ4n) is 2.63. The summed E-state index contributed by atoms with van der Waals surface area (Å²) in [7, 11) is 0. The smallest absolute Gasteiger partial charge is 0.308 e. The molecule has 5 nitrogen and oxygen atoms in total. The first-order valence-electron chi connectivity index (χ1n) is 7.15. The number of pyridine rings is 1. The molecule has 0 aliphatic rings. The molecular weight excluding hydrogens is 294 g/mol. The Labute approximate surface area is 132 Å². The van der Waals surface area contributed by atoms with Gasteiger partial charge in [-0.05, 0) is 37.6 Å². The molecule has 0 aliphatic heterocycles. The van der Waals surface area contributed by atoms with Crippen molar-refractivity contribution in [2.45, 2.75) is 20.8 Å². The molecule has 0 fully saturated rings. The number of carbonyl (C=O) groups is 1. The van der Waals surface area contributed by atoms with Crippen molar-refractivity contribution >= 4 is 16.9 Å². The molecule has 0 saturated carbocycles. The minimum atomic E-state index is -0.423. The summed E-state index contributed by atoms with van der Waals surface area (Å²) in [5, 5.41) is 0.465. The Morgan fingerprint density at radius 3 is 2.65 bits per heavy atom. The van der Waals surface area contributed by atoms with E-state index in [1.54, 1.807) is 44.3 Å². The number of carbonyl (C=O) groups excluding carboxylic acids is 1. The summed E-state index contributed by atoms with van der Waals surface area (Å²) in [6.45, 7) is 4.83. The molecule has 5 heteroatoms. The number of nitrogens with zero attached hydrogens (tertiary/aromatic N) is 1. The van der Waals surface area contributed by atoms with E-state index in [4.69, 9.17) is 9.15 Å². The van der Waals surface area contributed by atoms with Crippen LogP contribution in [0.25, 0.3) is 22.2 Å². The molecule has 0 amide bonds. The maximum absolute atomic E-state index is 12.9. The van der Waals surface area contributed by atoms with Crippen LogP contribution in [0.2, 0.25) is 0 Å². The zero-order valence-corrected chi connectivity index (χ0v) is 13.0. The van der Waals surface area contributed by atoms with E-state index in [1.165, 1.54) is 6.92 Å². The van der Waals surface area contributed by atoms with Crippen LogP contribution in [-0.4, -0.2) is 11.0 Å². The summed E-state index contributed by atoms with van der Waals surface area (Å²) in [6.07, 6.45) is 1.63. The zero-order valence-electron chi connectivity index (χ0n) is 13.0. The van der Waals surface area contributed by atoms with Crippen molar-refractivity contribution in [2.75, 3.05) is 0 Å². The van der Waals surface area contributed by atoms with Crippen LogP contribution in [0.5, 0.6) is 5.75 Å². The lowest BCUT2D eigenvalue weighted by Crippen LogP contribution is -2.10. The van der Waals surface area contributed by atoms with Crippen molar-refractivity contribution in [3.05, 3.63) is 58.1 Å². The molecule has 2 heterocycles. The highest BCUT2D eigenvalue weighted by Crippen LogP contribution is 2.27. The van der Waals surface area contributed by atoms with Gasteiger partial charge < -0.3 is 9.15 Å². The molecule has 1 aromatic carbocycles. The molecule has 0 spiro atoms. The highest BCUT2D eigenvalue weighted by Gasteiger charge is 2.17. The fraction of sp³-hybridized carbons (Fsp3) is 0.167. The van der Waals surface area contributed by atoms with E-state index in [0.29, 0.717) is 39.3 Å². The van der Waals surface area contributed by atoms with Crippen LogP contribution in [0.4, 0.5) is 0 Å². The lowest BCUT2D eigenvalue weighted by atomic mass is 10.0. The third-order valence-corrected chi connectivity index (χ3v) is 3.52. The number of hydrogen-bond donors (Lipinski definition) is 0. The molecule has 0 N–H and O–H groups in total. The molecule has 0 bridgehead atoms. The number of aryl methyl sites for hydroxylation is 2. The number of benzene rings is 1. The topological polar surface area (TPSA) is 69.4 Å². The summed E-state index contributed by atoms with van der Waals surface area (Å²) in [6, 6.07) is 8.59. The SMILES string of the molecule is CC(=O)Oc1cc(C)c2c(=O)c(-c3ccccn3)c(C)oc2c1. The molecule has 0 unspecified atom stereocenters. The van der Waals surface area contributed by atoms with Crippen LogP contribution in [-0.2, 0) is 4.79 Å². The zero-order chi connectivity index (χ0) is 16.6. The molecule has 116 valence electrons. The third-order valence-electron chi connectivity index (χ3n) is 3.52. The van der Waals surface area contributed by atoms with Crippen molar-refractivity contribution < 1.29 is 13.9 Å². The number of rotatable bonds is 2. The van der Waals surface area contributed by atoms with E-state index in [0.717, 1.165) is 0 Å². The molecule has 3 aromatic rings. The van der Waals surface area contributed by atoms with E-state index < -0.39 is 5.97 Å². The van der Waals surface area contributed by atoms with Crippen LogP contribution in [0.3, 0.4) is 0 Å². The molecule has 0 saturated heterocycles. The fourth-order valence-corrected chi connectivity index (χ4v) is 2.63. The predicted octanol–water partition coefficient (Wildman–Crippen LogP) is 3.40. The molecule has 2 aromatic heterocycles. The van der Waals surface area contributed by atoms with Crippen LogP contribution in [0, 0.1) is 13.8 Å². The van der Waals surface area contributed by atoms with Gasteiger partial charge in [-0.1, -0.05) is 6.07 Å². The first-order valence-corrected chi connectivity index (χ1v) is 7.15. The van der Waals surface area contributed by atoms with Gasteiger partial charge >= 0.3 is 5.97 Å². The first kappa shape index (κ1) is 15.0. The monoisotopic (exact) mass is 309 g/mol. The van der Waals surface area contributed by atoms with Gasteiger partial charge in [-0.2, -0.15) is 0 Å². The number of aromatic nitrogens is 1. The van der Waals surface area contributed by atoms with Crippen molar-refractivity contribution in [3.8, 4) is 17.0 Å². The Balaban J connectivity index is 2.30. The second-order valence-corrected chi connectivity index (χ2v) is 5.28. The van der Waals surface area contributed by atoms with Gasteiger partial charge in [0.25, 0.3) is 0 Å². The van der Waals surface area contributed by atoms with Crippen molar-refractivity contribution in [1.82, 2.24) is 4.98 Å². The normalized spacial score (nSPS) is 10.7. The highest BCUT2D eigenvalue weighted by molar-refractivity contribution is 5.86. The molecule has 23 heavy (non-hydrogen) atoms. The van der Waals surface area contributed by atoms with Crippen molar-refractivity contribution in [3.63, 3.8) is 0 Å². The van der Waals surface area contributed by atoms with Gasteiger partial charge in [0.15, 0.2) is 0 Å². The Morgan fingerprint density at radius 2 is 2.00 bits per heavy atom. The minimum absolute atomic E-state index is 0.144. The minimum Gasteiger partial charge on any atom is -0.460 e. The van der Waals surface area contributed by atoms with Crippen LogP contribution in [0.15, 0.2) is 45.7 Å². The number of fused-ring (bicyclic) bond motifs is 1. The second-order valence-electron chi connectivity index (χ2n) is 5.28. The number of hydrogen-bond acceptors (Lipinski definition) is 5.